The predicted molar refractivity (Wildman–Crippen MR) is 131 cm³/mol. The highest BCUT2D eigenvalue weighted by atomic mass is 127. The number of rotatable bonds is 8. The van der Waals surface area contributed by atoms with Crippen LogP contribution in [-0.4, -0.2) is 20.2 Å². The maximum Gasteiger partial charge on any atom is 0.193 e. The first-order chi connectivity index (χ1) is 14.2. The molecule has 0 amide bonds. The summed E-state index contributed by atoms with van der Waals surface area (Å²) in [4.78, 5) is 4.40. The summed E-state index contributed by atoms with van der Waals surface area (Å²) in [5, 5.41) is 3.06. The second-order valence-electron chi connectivity index (χ2n) is 6.29. The van der Waals surface area contributed by atoms with E-state index in [1.54, 1.807) is 14.2 Å². The molecule has 0 spiro atoms. The molecule has 0 saturated heterocycles. The largest absolute Gasteiger partial charge is 0.495 e. The lowest BCUT2D eigenvalue weighted by Crippen LogP contribution is -2.22. The van der Waals surface area contributed by atoms with Gasteiger partial charge < -0.3 is 25.3 Å². The molecule has 0 aliphatic carbocycles. The Balaban J connectivity index is 0.00000320. The van der Waals surface area contributed by atoms with Crippen molar-refractivity contribution in [1.82, 2.24) is 0 Å². The quantitative estimate of drug-likeness (QED) is 0.253. The monoisotopic (exact) mass is 519 g/mol. The summed E-state index contributed by atoms with van der Waals surface area (Å²) >= 11 is 0. The van der Waals surface area contributed by atoms with Crippen molar-refractivity contribution in [2.45, 2.75) is 13.2 Å². The molecule has 0 bridgehead atoms. The Morgan fingerprint density at radius 2 is 1.53 bits per heavy atom. The van der Waals surface area contributed by atoms with E-state index in [0.29, 0.717) is 36.4 Å². The summed E-state index contributed by atoms with van der Waals surface area (Å²) in [5.41, 5.74) is 8.83. The number of ether oxygens (including phenoxy) is 3. The van der Waals surface area contributed by atoms with Gasteiger partial charge in [-0.3, -0.25) is 0 Å². The van der Waals surface area contributed by atoms with Crippen molar-refractivity contribution in [1.29, 1.82) is 0 Å². The Hall–Kier alpha value is -2.94. The van der Waals surface area contributed by atoms with Crippen LogP contribution in [0.25, 0.3) is 0 Å². The van der Waals surface area contributed by atoms with E-state index in [4.69, 9.17) is 19.9 Å². The molecular weight excluding hydrogens is 493 g/mol. The highest BCUT2D eigenvalue weighted by Gasteiger charge is 2.07. The smallest absolute Gasteiger partial charge is 0.193 e. The third kappa shape index (κ3) is 6.55. The van der Waals surface area contributed by atoms with Crippen molar-refractivity contribution in [2.24, 2.45) is 10.7 Å². The van der Waals surface area contributed by atoms with Gasteiger partial charge in [0.15, 0.2) is 17.5 Å². The van der Waals surface area contributed by atoms with Gasteiger partial charge in [0.1, 0.15) is 12.4 Å². The average molecular weight is 519 g/mol. The molecule has 0 atom stereocenters. The van der Waals surface area contributed by atoms with Gasteiger partial charge in [-0.1, -0.05) is 48.5 Å². The van der Waals surface area contributed by atoms with Crippen LogP contribution in [0, 0.1) is 0 Å². The van der Waals surface area contributed by atoms with Crippen LogP contribution in [0.5, 0.6) is 17.2 Å². The van der Waals surface area contributed by atoms with E-state index in [0.717, 1.165) is 16.8 Å². The first-order valence-corrected chi connectivity index (χ1v) is 9.23. The number of para-hydroxylation sites is 2. The van der Waals surface area contributed by atoms with Crippen molar-refractivity contribution in [3.8, 4) is 17.2 Å². The highest BCUT2D eigenvalue weighted by Crippen LogP contribution is 2.29. The Morgan fingerprint density at radius 3 is 2.27 bits per heavy atom. The Kier molecular flexibility index (Phi) is 9.27. The molecule has 0 unspecified atom stereocenters. The normalized spacial score (nSPS) is 10.7. The lowest BCUT2D eigenvalue weighted by molar-refractivity contribution is 0.284. The van der Waals surface area contributed by atoms with Crippen LogP contribution in [0.1, 0.15) is 11.1 Å². The molecule has 0 aliphatic rings. The Morgan fingerprint density at radius 1 is 0.833 bits per heavy atom. The van der Waals surface area contributed by atoms with Crippen LogP contribution in [0.4, 0.5) is 5.69 Å². The Bertz CT molecular complexity index is 965. The van der Waals surface area contributed by atoms with Gasteiger partial charge in [-0.25, -0.2) is 4.99 Å². The molecule has 7 heteroatoms. The first-order valence-electron chi connectivity index (χ1n) is 9.23. The van der Waals surface area contributed by atoms with Gasteiger partial charge in [0.05, 0.1) is 26.5 Å². The SMILES string of the molecule is COc1ccccc1NC(N)=NCc1ccc(OCc2ccccc2)c(OC)c1.I. The minimum atomic E-state index is 0. The third-order valence-electron chi connectivity index (χ3n) is 4.27. The van der Waals surface area contributed by atoms with Crippen LogP contribution in [-0.2, 0) is 13.2 Å². The van der Waals surface area contributed by atoms with Gasteiger partial charge in [0.2, 0.25) is 0 Å². The number of halogens is 1. The van der Waals surface area contributed by atoms with E-state index < -0.39 is 0 Å². The van der Waals surface area contributed by atoms with Crippen molar-refractivity contribution in [3.63, 3.8) is 0 Å². The van der Waals surface area contributed by atoms with Crippen molar-refractivity contribution in [2.75, 3.05) is 19.5 Å². The van der Waals surface area contributed by atoms with Gasteiger partial charge in [-0.05, 0) is 35.4 Å². The van der Waals surface area contributed by atoms with E-state index in [9.17, 15) is 0 Å². The summed E-state index contributed by atoms with van der Waals surface area (Å²) in [6, 6.07) is 23.3. The van der Waals surface area contributed by atoms with Gasteiger partial charge in [0.25, 0.3) is 0 Å². The zero-order valence-electron chi connectivity index (χ0n) is 17.0. The first kappa shape index (κ1) is 23.3. The topological polar surface area (TPSA) is 78.1 Å². The summed E-state index contributed by atoms with van der Waals surface area (Å²) in [7, 11) is 3.23. The molecule has 0 heterocycles. The van der Waals surface area contributed by atoms with Crippen LogP contribution in [0.15, 0.2) is 77.8 Å². The second-order valence-corrected chi connectivity index (χ2v) is 6.29. The number of nitrogens with zero attached hydrogens (tertiary/aromatic N) is 1. The molecule has 30 heavy (non-hydrogen) atoms. The molecule has 6 nitrogen and oxygen atoms in total. The van der Waals surface area contributed by atoms with Crippen LogP contribution in [0.3, 0.4) is 0 Å². The molecule has 158 valence electrons. The summed E-state index contributed by atoms with van der Waals surface area (Å²) in [6.45, 7) is 0.883. The lowest BCUT2D eigenvalue weighted by Gasteiger charge is -2.12. The van der Waals surface area contributed by atoms with Crippen LogP contribution < -0.4 is 25.3 Å². The van der Waals surface area contributed by atoms with E-state index in [-0.39, 0.29) is 24.0 Å². The van der Waals surface area contributed by atoms with Gasteiger partial charge in [-0.2, -0.15) is 0 Å². The van der Waals surface area contributed by atoms with Crippen LogP contribution in [0.2, 0.25) is 0 Å². The zero-order valence-corrected chi connectivity index (χ0v) is 19.3. The third-order valence-corrected chi connectivity index (χ3v) is 4.27. The zero-order chi connectivity index (χ0) is 20.5. The molecule has 0 radical (unpaired) electrons. The molecule has 3 N–H and O–H groups in total. The fraction of sp³-hybridized carbons (Fsp3) is 0.174. The maximum atomic E-state index is 6.02. The molecule has 0 aliphatic heterocycles. The number of nitrogens with two attached hydrogens (primary N) is 1. The molecule has 3 aromatic rings. The lowest BCUT2D eigenvalue weighted by atomic mass is 10.2. The van der Waals surface area contributed by atoms with E-state index in [1.807, 2.05) is 72.8 Å². The number of benzene rings is 3. The van der Waals surface area contributed by atoms with Crippen LogP contribution >= 0.6 is 24.0 Å². The van der Waals surface area contributed by atoms with E-state index in [1.165, 1.54) is 0 Å². The number of methoxy groups -OCH3 is 2. The van der Waals surface area contributed by atoms with Gasteiger partial charge >= 0.3 is 0 Å². The molecule has 0 fully saturated rings. The molecular formula is C23H26IN3O3. The molecule has 0 saturated carbocycles. The van der Waals surface area contributed by atoms with Gasteiger partial charge in [-0.15, -0.1) is 24.0 Å². The van der Waals surface area contributed by atoms with E-state index >= 15 is 0 Å². The van der Waals surface area contributed by atoms with Crippen molar-refractivity contribution >= 4 is 35.6 Å². The second kappa shape index (κ2) is 11.9. The number of hydrogen-bond donors (Lipinski definition) is 2. The molecule has 0 aromatic heterocycles. The summed E-state index contributed by atoms with van der Waals surface area (Å²) in [5.74, 6) is 2.35. The van der Waals surface area contributed by atoms with Crippen molar-refractivity contribution < 1.29 is 14.2 Å². The number of nitrogens with one attached hydrogen (secondary N) is 1. The number of hydrogen-bond acceptors (Lipinski definition) is 4. The number of aliphatic imine (C=N–C) groups is 1. The maximum absolute atomic E-state index is 6.02. The fourth-order valence-corrected chi connectivity index (χ4v) is 2.77. The fourth-order valence-electron chi connectivity index (χ4n) is 2.77. The standard InChI is InChI=1S/C23H25N3O3.HI/c1-27-20-11-7-6-10-19(20)26-23(24)25-15-18-12-13-21(22(14-18)28-2)29-16-17-8-4-3-5-9-17;/h3-14H,15-16H2,1-2H3,(H3,24,25,26);1H. The average Bonchev–Trinajstić information content (AvgIpc) is 2.77. The number of anilines is 1. The van der Waals surface area contributed by atoms with E-state index in [2.05, 4.69) is 10.3 Å². The predicted octanol–water partition coefficient (Wildman–Crippen LogP) is 4.83. The molecule has 3 aromatic carbocycles. The minimum Gasteiger partial charge on any atom is -0.495 e. The highest BCUT2D eigenvalue weighted by molar-refractivity contribution is 14.0. The Labute approximate surface area is 194 Å². The summed E-state index contributed by atoms with van der Waals surface area (Å²) in [6.07, 6.45) is 0. The van der Waals surface area contributed by atoms with Gasteiger partial charge in [0, 0.05) is 0 Å². The summed E-state index contributed by atoms with van der Waals surface area (Å²) < 4.78 is 16.7. The molecule has 3 rings (SSSR count). The van der Waals surface area contributed by atoms with Crippen molar-refractivity contribution in [3.05, 3.63) is 83.9 Å². The number of guanidine groups is 1. The minimum absolute atomic E-state index is 0.